The molecule has 7 heteroatoms. The molecular weight excluding hydrogens is 359 g/mol. The van der Waals surface area contributed by atoms with Crippen LogP contribution in [0.3, 0.4) is 0 Å². The fraction of sp³-hybridized carbons (Fsp3) is 0.381. The Labute approximate surface area is 164 Å². The van der Waals surface area contributed by atoms with E-state index < -0.39 is 0 Å². The Morgan fingerprint density at radius 1 is 1.29 bits per heavy atom. The van der Waals surface area contributed by atoms with E-state index in [1.165, 1.54) is 25.3 Å². The van der Waals surface area contributed by atoms with Crippen molar-refractivity contribution in [2.24, 2.45) is 0 Å². The molecule has 1 aliphatic rings. The molecule has 2 heterocycles. The van der Waals surface area contributed by atoms with E-state index in [0.29, 0.717) is 37.4 Å². The monoisotopic (exact) mass is 384 g/mol. The number of nitrogens with one attached hydrogen (secondary N) is 2. The molecule has 0 radical (unpaired) electrons. The third kappa shape index (κ3) is 4.65. The van der Waals surface area contributed by atoms with Crippen LogP contribution in [-0.4, -0.2) is 34.8 Å². The van der Waals surface area contributed by atoms with Crippen LogP contribution in [0.1, 0.15) is 54.2 Å². The first-order valence-electron chi connectivity index (χ1n) is 9.52. The van der Waals surface area contributed by atoms with Gasteiger partial charge < -0.3 is 15.5 Å². The summed E-state index contributed by atoms with van der Waals surface area (Å²) in [6.07, 6.45) is 3.09. The largest absolute Gasteiger partial charge is 0.363 e. The van der Waals surface area contributed by atoms with Gasteiger partial charge >= 0.3 is 0 Å². The first kappa shape index (κ1) is 19.8. The Hall–Kier alpha value is -2.96. The lowest BCUT2D eigenvalue weighted by Crippen LogP contribution is -2.28. The summed E-state index contributed by atoms with van der Waals surface area (Å²) in [5, 5.41) is 6.18. The standard InChI is InChI=1S/C21H25FN4O2/c1-3-9-23-21(28)15-4-7-20(24-12-15)25-19-8-10-26(14(2)27)13-16-11-17(22)5-6-18(16)19/h4-7,11-12,19H,3,8-10,13H2,1-2H3,(H,23,28)(H,24,25). The van der Waals surface area contributed by atoms with Gasteiger partial charge in [-0.2, -0.15) is 0 Å². The maximum atomic E-state index is 13.7. The SMILES string of the molecule is CCCNC(=O)c1ccc(NC2CCN(C(C)=O)Cc3cc(F)ccc32)nc1. The lowest BCUT2D eigenvalue weighted by molar-refractivity contribution is -0.129. The first-order chi connectivity index (χ1) is 13.5. The molecule has 1 aromatic carbocycles. The summed E-state index contributed by atoms with van der Waals surface area (Å²) in [6, 6.07) is 8.07. The number of rotatable bonds is 5. The average molecular weight is 384 g/mol. The molecule has 2 aromatic rings. The number of benzene rings is 1. The van der Waals surface area contributed by atoms with Gasteiger partial charge in [0, 0.05) is 32.8 Å². The van der Waals surface area contributed by atoms with Gasteiger partial charge in [-0.05, 0) is 48.2 Å². The highest BCUT2D eigenvalue weighted by atomic mass is 19.1. The van der Waals surface area contributed by atoms with Gasteiger partial charge in [0.25, 0.3) is 5.91 Å². The number of halogens is 1. The van der Waals surface area contributed by atoms with Gasteiger partial charge in [-0.25, -0.2) is 9.37 Å². The van der Waals surface area contributed by atoms with Crippen molar-refractivity contribution in [1.82, 2.24) is 15.2 Å². The molecule has 0 bridgehead atoms. The molecule has 0 saturated heterocycles. The van der Waals surface area contributed by atoms with Crippen LogP contribution in [0.5, 0.6) is 0 Å². The number of anilines is 1. The highest BCUT2D eigenvalue weighted by Crippen LogP contribution is 2.30. The lowest BCUT2D eigenvalue weighted by Gasteiger charge is -2.20. The Bertz CT molecular complexity index is 854. The highest BCUT2D eigenvalue weighted by Gasteiger charge is 2.24. The van der Waals surface area contributed by atoms with Crippen molar-refractivity contribution in [3.05, 3.63) is 59.0 Å². The van der Waals surface area contributed by atoms with Gasteiger partial charge in [-0.3, -0.25) is 9.59 Å². The molecule has 1 unspecified atom stereocenters. The van der Waals surface area contributed by atoms with Crippen molar-refractivity contribution in [2.45, 2.75) is 39.3 Å². The number of nitrogens with zero attached hydrogens (tertiary/aromatic N) is 2. The van der Waals surface area contributed by atoms with Crippen molar-refractivity contribution in [3.8, 4) is 0 Å². The van der Waals surface area contributed by atoms with E-state index in [0.717, 1.165) is 17.5 Å². The summed E-state index contributed by atoms with van der Waals surface area (Å²) >= 11 is 0. The summed E-state index contributed by atoms with van der Waals surface area (Å²) in [4.78, 5) is 29.9. The number of hydrogen-bond acceptors (Lipinski definition) is 4. The zero-order chi connectivity index (χ0) is 20.1. The predicted octanol–water partition coefficient (Wildman–Crippen LogP) is 3.27. The maximum Gasteiger partial charge on any atom is 0.252 e. The molecule has 6 nitrogen and oxygen atoms in total. The van der Waals surface area contributed by atoms with Crippen molar-refractivity contribution < 1.29 is 14.0 Å². The lowest BCUT2D eigenvalue weighted by atomic mass is 9.99. The zero-order valence-corrected chi connectivity index (χ0v) is 16.2. The molecule has 0 spiro atoms. The van der Waals surface area contributed by atoms with E-state index in [4.69, 9.17) is 0 Å². The van der Waals surface area contributed by atoms with Gasteiger partial charge in [0.05, 0.1) is 11.6 Å². The van der Waals surface area contributed by atoms with Crippen LogP contribution in [-0.2, 0) is 11.3 Å². The van der Waals surface area contributed by atoms with Crippen molar-refractivity contribution in [2.75, 3.05) is 18.4 Å². The number of carbonyl (C=O) groups excluding carboxylic acids is 2. The molecule has 3 rings (SSSR count). The minimum Gasteiger partial charge on any atom is -0.363 e. The van der Waals surface area contributed by atoms with E-state index >= 15 is 0 Å². The molecule has 1 aliphatic heterocycles. The number of aromatic nitrogens is 1. The molecule has 0 saturated carbocycles. The van der Waals surface area contributed by atoms with Gasteiger partial charge in [0.15, 0.2) is 0 Å². The van der Waals surface area contributed by atoms with Gasteiger partial charge in [-0.15, -0.1) is 0 Å². The van der Waals surface area contributed by atoms with Crippen molar-refractivity contribution >= 4 is 17.6 Å². The Morgan fingerprint density at radius 3 is 2.79 bits per heavy atom. The average Bonchev–Trinajstić information content (AvgIpc) is 2.86. The Balaban J connectivity index is 1.78. The molecule has 1 atom stereocenters. The van der Waals surface area contributed by atoms with Crippen LogP contribution >= 0.6 is 0 Å². The normalized spacial score (nSPS) is 16.1. The second kappa shape index (κ2) is 8.82. The summed E-state index contributed by atoms with van der Waals surface area (Å²) in [6.45, 7) is 5.11. The number of pyridine rings is 1. The van der Waals surface area contributed by atoms with Crippen LogP contribution < -0.4 is 10.6 Å². The van der Waals surface area contributed by atoms with Crippen LogP contribution in [0.25, 0.3) is 0 Å². The molecule has 148 valence electrons. The van der Waals surface area contributed by atoms with Crippen molar-refractivity contribution in [3.63, 3.8) is 0 Å². The van der Waals surface area contributed by atoms with Crippen LogP contribution in [0.2, 0.25) is 0 Å². The molecule has 2 amide bonds. The number of hydrogen-bond donors (Lipinski definition) is 2. The van der Waals surface area contributed by atoms with Crippen LogP contribution in [0.15, 0.2) is 36.5 Å². The van der Waals surface area contributed by atoms with E-state index in [1.54, 1.807) is 23.1 Å². The van der Waals surface area contributed by atoms with Crippen molar-refractivity contribution in [1.29, 1.82) is 0 Å². The summed E-state index contributed by atoms with van der Waals surface area (Å²) in [5.41, 5.74) is 2.25. The topological polar surface area (TPSA) is 74.3 Å². The highest BCUT2D eigenvalue weighted by molar-refractivity contribution is 5.94. The maximum absolute atomic E-state index is 13.7. The molecule has 28 heavy (non-hydrogen) atoms. The number of amides is 2. The molecular formula is C21H25FN4O2. The minimum atomic E-state index is -0.316. The number of fused-ring (bicyclic) bond motifs is 1. The van der Waals surface area contributed by atoms with Gasteiger partial charge in [-0.1, -0.05) is 13.0 Å². The van der Waals surface area contributed by atoms with E-state index in [-0.39, 0.29) is 23.7 Å². The molecule has 0 aliphatic carbocycles. The second-order valence-electron chi connectivity index (χ2n) is 6.96. The molecule has 1 aromatic heterocycles. The van der Waals surface area contributed by atoms with E-state index in [1.807, 2.05) is 6.92 Å². The zero-order valence-electron chi connectivity index (χ0n) is 16.2. The Kier molecular flexibility index (Phi) is 6.23. The minimum absolute atomic E-state index is 0.0311. The molecule has 2 N–H and O–H groups in total. The second-order valence-corrected chi connectivity index (χ2v) is 6.96. The fourth-order valence-electron chi connectivity index (χ4n) is 3.33. The van der Waals surface area contributed by atoms with E-state index in [2.05, 4.69) is 15.6 Å². The third-order valence-electron chi connectivity index (χ3n) is 4.86. The summed E-state index contributed by atoms with van der Waals surface area (Å²) in [5.74, 6) is 0.136. The number of carbonyl (C=O) groups is 2. The third-order valence-corrected chi connectivity index (χ3v) is 4.86. The van der Waals surface area contributed by atoms with Gasteiger partial charge in [0.2, 0.25) is 5.91 Å². The summed E-state index contributed by atoms with van der Waals surface area (Å²) < 4.78 is 13.7. The fourth-order valence-corrected chi connectivity index (χ4v) is 3.33. The quantitative estimate of drug-likeness (QED) is 0.830. The van der Waals surface area contributed by atoms with Gasteiger partial charge in [0.1, 0.15) is 11.6 Å². The molecule has 0 fully saturated rings. The van der Waals surface area contributed by atoms with E-state index in [9.17, 15) is 14.0 Å². The first-order valence-corrected chi connectivity index (χ1v) is 9.52. The summed E-state index contributed by atoms with van der Waals surface area (Å²) in [7, 11) is 0. The smallest absolute Gasteiger partial charge is 0.252 e. The Morgan fingerprint density at radius 2 is 2.11 bits per heavy atom. The predicted molar refractivity (Wildman–Crippen MR) is 105 cm³/mol. The van der Waals surface area contributed by atoms with Crippen LogP contribution in [0.4, 0.5) is 10.2 Å². The van der Waals surface area contributed by atoms with Crippen LogP contribution in [0, 0.1) is 5.82 Å².